The third-order valence-corrected chi connectivity index (χ3v) is 4.67. The molecule has 1 aliphatic rings. The molecule has 3 rings (SSSR count). The van der Waals surface area contributed by atoms with E-state index < -0.39 is 12.9 Å². The third-order valence-electron chi connectivity index (χ3n) is 4.67. The van der Waals surface area contributed by atoms with E-state index in [1.807, 2.05) is 60.7 Å². The van der Waals surface area contributed by atoms with Crippen molar-refractivity contribution in [3.63, 3.8) is 0 Å². The number of hydrogen-bond acceptors (Lipinski definition) is 2. The Balaban J connectivity index is 1.73. The Morgan fingerprint density at radius 3 is 2.00 bits per heavy atom. The Morgan fingerprint density at radius 1 is 1.04 bits per heavy atom. The molecule has 0 spiro atoms. The standard InChI is InChI=1S/C21H26NO2/c1-22(2)15-13-19(14-16-22)24-21(23)20(17-9-5-3-6-10-17)18-11-7-4-8-12-18/h3-12,19-20H,13-16H2,1-2H3/q+1/i1T3. The van der Waals surface area contributed by atoms with Gasteiger partial charge in [0.15, 0.2) is 0 Å². The monoisotopic (exact) mass is 330 g/mol. The van der Waals surface area contributed by atoms with Crippen LogP contribution >= 0.6 is 0 Å². The molecular weight excluding hydrogens is 298 g/mol. The second-order valence-corrected chi connectivity index (χ2v) is 6.73. The zero-order valence-corrected chi connectivity index (χ0v) is 14.0. The summed E-state index contributed by atoms with van der Waals surface area (Å²) < 4.78 is 29.0. The number of quaternary nitrogens is 1. The average molecular weight is 330 g/mol. The molecule has 2 aromatic carbocycles. The molecule has 0 radical (unpaired) electrons. The Kier molecular flexibility index (Phi) is 3.95. The minimum atomic E-state index is -2.04. The summed E-state index contributed by atoms with van der Waals surface area (Å²) >= 11 is 0. The number of nitrogens with zero attached hydrogens (tertiary/aromatic N) is 1. The van der Waals surface area contributed by atoms with E-state index in [1.54, 1.807) is 7.05 Å². The molecule has 2 aromatic rings. The first-order valence-corrected chi connectivity index (χ1v) is 8.45. The summed E-state index contributed by atoms with van der Waals surface area (Å²) in [4.78, 5) is 13.0. The van der Waals surface area contributed by atoms with Gasteiger partial charge in [0.25, 0.3) is 0 Å². The van der Waals surface area contributed by atoms with Crippen molar-refractivity contribution in [3.8, 4) is 0 Å². The lowest BCUT2D eigenvalue weighted by atomic mass is 9.91. The SMILES string of the molecule is [3H]C([3H])([3H])[N+]1(C)CCC(OC(=O)C(c2ccccc2)c2ccccc2)CC1. The number of carbonyl (C=O) groups is 1. The molecule has 0 saturated carbocycles. The van der Waals surface area contributed by atoms with Crippen LogP contribution in [0.15, 0.2) is 60.7 Å². The zero-order chi connectivity index (χ0) is 19.5. The van der Waals surface area contributed by atoms with Crippen molar-refractivity contribution in [2.75, 3.05) is 27.1 Å². The van der Waals surface area contributed by atoms with Gasteiger partial charge in [-0.25, -0.2) is 0 Å². The smallest absolute Gasteiger partial charge is 0.318 e. The number of ether oxygens (including phenoxy) is 1. The number of piperidine rings is 1. The molecule has 0 aromatic heterocycles. The second kappa shape index (κ2) is 7.18. The molecule has 3 heteroatoms. The van der Waals surface area contributed by atoms with Crippen LogP contribution in [-0.4, -0.2) is 43.7 Å². The highest BCUT2D eigenvalue weighted by atomic mass is 16.5. The summed E-state index contributed by atoms with van der Waals surface area (Å²) in [5.74, 6) is -0.750. The van der Waals surface area contributed by atoms with Gasteiger partial charge in [-0.15, -0.1) is 0 Å². The summed E-state index contributed by atoms with van der Waals surface area (Å²) in [6, 6.07) is 19.2. The highest BCUT2D eigenvalue weighted by Crippen LogP contribution is 2.28. The van der Waals surface area contributed by atoms with Crippen molar-refractivity contribution in [1.82, 2.24) is 0 Å². The van der Waals surface area contributed by atoms with Gasteiger partial charge < -0.3 is 9.22 Å². The molecule has 1 heterocycles. The van der Waals surface area contributed by atoms with Crippen LogP contribution in [0, 0.1) is 0 Å². The first-order chi connectivity index (χ1) is 12.8. The van der Waals surface area contributed by atoms with E-state index in [4.69, 9.17) is 8.85 Å². The molecule has 1 aliphatic heterocycles. The molecule has 0 amide bonds. The van der Waals surface area contributed by atoms with Gasteiger partial charge in [-0.2, -0.15) is 0 Å². The van der Waals surface area contributed by atoms with E-state index >= 15 is 0 Å². The molecule has 0 N–H and O–H groups in total. The van der Waals surface area contributed by atoms with Gasteiger partial charge in [0.2, 0.25) is 0 Å². The van der Waals surface area contributed by atoms with Gasteiger partial charge in [0.05, 0.1) is 31.2 Å². The Hall–Kier alpha value is -2.13. The van der Waals surface area contributed by atoms with Gasteiger partial charge in [-0.3, -0.25) is 4.79 Å². The molecule has 0 unspecified atom stereocenters. The summed E-state index contributed by atoms with van der Waals surface area (Å²) in [6.07, 6.45) is 0.898. The number of likely N-dealkylation sites (tertiary alicyclic amines) is 1. The van der Waals surface area contributed by atoms with Crippen LogP contribution in [-0.2, 0) is 9.53 Å². The molecule has 0 bridgehead atoms. The van der Waals surface area contributed by atoms with Crippen molar-refractivity contribution in [2.24, 2.45) is 0 Å². The van der Waals surface area contributed by atoms with E-state index in [1.165, 1.54) is 0 Å². The number of hydrogen-bond donors (Lipinski definition) is 0. The summed E-state index contributed by atoms with van der Waals surface area (Å²) in [5.41, 5.74) is 1.79. The fourth-order valence-corrected chi connectivity index (χ4v) is 3.22. The van der Waals surface area contributed by atoms with Crippen molar-refractivity contribution in [3.05, 3.63) is 71.8 Å². The molecular formula is C21H26NO2+. The van der Waals surface area contributed by atoms with E-state index in [-0.39, 0.29) is 16.6 Å². The third kappa shape index (κ3) is 4.04. The molecule has 3 nitrogen and oxygen atoms in total. The molecule has 1 saturated heterocycles. The molecule has 24 heavy (non-hydrogen) atoms. The molecule has 126 valence electrons. The lowest BCUT2D eigenvalue weighted by molar-refractivity contribution is -0.896. The molecule has 0 aliphatic carbocycles. The van der Waals surface area contributed by atoms with Gasteiger partial charge in [0, 0.05) is 12.8 Å². The first-order valence-electron chi connectivity index (χ1n) is 9.95. The first kappa shape index (κ1) is 13.2. The normalized spacial score (nSPS) is 26.2. The van der Waals surface area contributed by atoms with Crippen molar-refractivity contribution in [1.29, 1.82) is 0 Å². The summed E-state index contributed by atoms with van der Waals surface area (Å²) in [5, 5.41) is 0. The number of carbonyl (C=O) groups excluding carboxylic acids is 1. The van der Waals surface area contributed by atoms with E-state index in [0.29, 0.717) is 25.9 Å². The van der Waals surface area contributed by atoms with Crippen LogP contribution in [0.4, 0.5) is 0 Å². The van der Waals surface area contributed by atoms with Crippen LogP contribution in [0.5, 0.6) is 0 Å². The van der Waals surface area contributed by atoms with Crippen molar-refractivity contribution >= 4 is 5.97 Å². The lowest BCUT2D eigenvalue weighted by Gasteiger charge is -2.37. The minimum absolute atomic E-state index is 0.0296. The maximum atomic E-state index is 13.0. The van der Waals surface area contributed by atoms with Gasteiger partial charge >= 0.3 is 5.97 Å². The van der Waals surface area contributed by atoms with Crippen LogP contribution in [0.1, 0.15) is 34.0 Å². The van der Waals surface area contributed by atoms with Crippen molar-refractivity contribution < 1.29 is 18.1 Å². The maximum absolute atomic E-state index is 13.0. The fraction of sp³-hybridized carbons (Fsp3) is 0.381. The fourth-order valence-electron chi connectivity index (χ4n) is 3.22. The highest BCUT2D eigenvalue weighted by Gasteiger charge is 2.31. The zero-order valence-electron chi connectivity index (χ0n) is 17.0. The molecule has 0 atom stereocenters. The quantitative estimate of drug-likeness (QED) is 0.632. The van der Waals surface area contributed by atoms with Crippen LogP contribution in [0.25, 0.3) is 0 Å². The number of benzene rings is 2. The van der Waals surface area contributed by atoms with E-state index in [2.05, 4.69) is 0 Å². The average Bonchev–Trinajstić information content (AvgIpc) is 2.65. The predicted molar refractivity (Wildman–Crippen MR) is 95.7 cm³/mol. The Morgan fingerprint density at radius 2 is 1.54 bits per heavy atom. The van der Waals surface area contributed by atoms with Crippen molar-refractivity contribution in [2.45, 2.75) is 24.9 Å². The van der Waals surface area contributed by atoms with Gasteiger partial charge in [-0.1, -0.05) is 60.7 Å². The lowest BCUT2D eigenvalue weighted by Crippen LogP contribution is -2.48. The minimum Gasteiger partial charge on any atom is -0.461 e. The van der Waals surface area contributed by atoms with E-state index in [9.17, 15) is 4.79 Å². The maximum Gasteiger partial charge on any atom is 0.318 e. The summed E-state index contributed by atoms with van der Waals surface area (Å²) in [7, 11) is 1.75. The number of rotatable bonds is 4. The Labute approximate surface area is 148 Å². The van der Waals surface area contributed by atoms with E-state index in [0.717, 1.165) is 11.1 Å². The van der Waals surface area contributed by atoms with Crippen LogP contribution < -0.4 is 0 Å². The van der Waals surface area contributed by atoms with Crippen LogP contribution in [0.2, 0.25) is 0 Å². The van der Waals surface area contributed by atoms with Gasteiger partial charge in [-0.05, 0) is 11.1 Å². The predicted octanol–water partition coefficient (Wildman–Crippen LogP) is 3.60. The van der Waals surface area contributed by atoms with Gasteiger partial charge in [0.1, 0.15) is 12.0 Å². The topological polar surface area (TPSA) is 26.3 Å². The van der Waals surface area contributed by atoms with Crippen LogP contribution in [0.3, 0.4) is 0 Å². The molecule has 1 fully saturated rings. The second-order valence-electron chi connectivity index (χ2n) is 6.73. The Bertz CT molecular complexity index is 715. The largest absolute Gasteiger partial charge is 0.461 e. The highest BCUT2D eigenvalue weighted by molar-refractivity contribution is 5.82. The number of esters is 1. The summed E-state index contributed by atoms with van der Waals surface area (Å²) in [6.45, 7) is -1.07.